The zero-order chi connectivity index (χ0) is 21.2. The Bertz CT molecular complexity index is 949. The summed E-state index contributed by atoms with van der Waals surface area (Å²) < 4.78 is 32.9. The Kier molecular flexibility index (Phi) is 6.57. The number of thiazole rings is 1. The molecule has 0 saturated carbocycles. The summed E-state index contributed by atoms with van der Waals surface area (Å²) in [6, 6.07) is 5.96. The van der Waals surface area contributed by atoms with Crippen LogP contribution in [0, 0.1) is 6.92 Å². The summed E-state index contributed by atoms with van der Waals surface area (Å²) in [6.45, 7) is 6.75. The number of hydrogen-bond donors (Lipinski definition) is 1. The van der Waals surface area contributed by atoms with Crippen LogP contribution in [-0.4, -0.2) is 61.0 Å². The van der Waals surface area contributed by atoms with Crippen LogP contribution in [0.1, 0.15) is 23.7 Å². The number of rotatable bonds is 5. The largest absolute Gasteiger partial charge is 0.373 e. The predicted octanol–water partition coefficient (Wildman–Crippen LogP) is 2.91. The van der Waals surface area contributed by atoms with Gasteiger partial charge < -0.3 is 15.0 Å². The highest BCUT2D eigenvalue weighted by molar-refractivity contribution is 7.89. The lowest BCUT2D eigenvalue weighted by atomic mass is 10.3. The summed E-state index contributed by atoms with van der Waals surface area (Å²) in [6.07, 6.45) is 1.46. The van der Waals surface area contributed by atoms with E-state index in [0.29, 0.717) is 25.3 Å². The highest BCUT2D eigenvalue weighted by Gasteiger charge is 2.32. The molecular formula is C19H26N4O4S2. The van der Waals surface area contributed by atoms with E-state index in [-0.39, 0.29) is 23.1 Å². The fourth-order valence-corrected chi connectivity index (χ4v) is 5.63. The first-order valence-electron chi connectivity index (χ1n) is 9.34. The number of morpholine rings is 1. The second kappa shape index (κ2) is 8.78. The second-order valence-corrected chi connectivity index (χ2v) is 10.5. The number of anilines is 1. The summed E-state index contributed by atoms with van der Waals surface area (Å²) in [5, 5.41) is 3.74. The number of carbonyl (C=O) groups is 1. The highest BCUT2D eigenvalue weighted by Crippen LogP contribution is 2.23. The number of urea groups is 1. The van der Waals surface area contributed by atoms with Crippen LogP contribution in [0.15, 0.2) is 35.4 Å². The zero-order valence-corrected chi connectivity index (χ0v) is 18.6. The third kappa shape index (κ3) is 5.33. The lowest BCUT2D eigenvalue weighted by Crippen LogP contribution is -2.48. The van der Waals surface area contributed by atoms with Crippen LogP contribution in [0.5, 0.6) is 0 Å². The summed E-state index contributed by atoms with van der Waals surface area (Å²) in [7, 11) is -1.90. The number of amides is 2. The minimum Gasteiger partial charge on any atom is -0.373 e. The summed E-state index contributed by atoms with van der Waals surface area (Å²) >= 11 is 1.55. The Morgan fingerprint density at radius 2 is 1.90 bits per heavy atom. The van der Waals surface area contributed by atoms with Crippen LogP contribution >= 0.6 is 11.3 Å². The molecule has 1 fully saturated rings. The molecule has 1 aliphatic rings. The van der Waals surface area contributed by atoms with E-state index in [1.54, 1.807) is 41.6 Å². The molecule has 1 aromatic carbocycles. The molecule has 29 heavy (non-hydrogen) atoms. The van der Waals surface area contributed by atoms with Crippen LogP contribution in [0.4, 0.5) is 10.5 Å². The lowest BCUT2D eigenvalue weighted by molar-refractivity contribution is -0.0440. The number of aryl methyl sites for hydroxylation is 1. The Morgan fingerprint density at radius 1 is 1.28 bits per heavy atom. The van der Waals surface area contributed by atoms with E-state index in [2.05, 4.69) is 10.3 Å². The Hall–Kier alpha value is -2.01. The van der Waals surface area contributed by atoms with E-state index in [4.69, 9.17) is 4.74 Å². The van der Waals surface area contributed by atoms with Gasteiger partial charge in [0.05, 0.1) is 28.7 Å². The van der Waals surface area contributed by atoms with E-state index in [9.17, 15) is 13.2 Å². The Morgan fingerprint density at radius 3 is 2.45 bits per heavy atom. The maximum Gasteiger partial charge on any atom is 0.321 e. The number of nitrogens with one attached hydrogen (secondary N) is 1. The van der Waals surface area contributed by atoms with E-state index < -0.39 is 10.0 Å². The molecule has 1 aromatic heterocycles. The molecule has 1 aliphatic heterocycles. The molecule has 0 bridgehead atoms. The molecule has 0 spiro atoms. The van der Waals surface area contributed by atoms with Gasteiger partial charge in [-0.2, -0.15) is 4.31 Å². The van der Waals surface area contributed by atoms with Gasteiger partial charge in [-0.3, -0.25) is 0 Å². The van der Waals surface area contributed by atoms with Gasteiger partial charge in [0.1, 0.15) is 0 Å². The topological polar surface area (TPSA) is 91.8 Å². The lowest BCUT2D eigenvalue weighted by Gasteiger charge is -2.34. The predicted molar refractivity (Wildman–Crippen MR) is 113 cm³/mol. The van der Waals surface area contributed by atoms with E-state index in [1.807, 2.05) is 20.8 Å². The fourth-order valence-electron chi connectivity index (χ4n) is 3.19. The van der Waals surface area contributed by atoms with Gasteiger partial charge in [-0.1, -0.05) is 0 Å². The first-order valence-corrected chi connectivity index (χ1v) is 11.6. The quantitative estimate of drug-likeness (QED) is 0.775. The average molecular weight is 439 g/mol. The molecule has 2 amide bonds. The van der Waals surface area contributed by atoms with Gasteiger partial charge in [0, 0.05) is 36.9 Å². The Balaban J connectivity index is 1.64. The Labute approximate surface area is 175 Å². The molecule has 8 nitrogen and oxygen atoms in total. The molecule has 10 heteroatoms. The molecule has 0 aliphatic carbocycles. The summed E-state index contributed by atoms with van der Waals surface area (Å²) in [5.41, 5.74) is 0.532. The van der Waals surface area contributed by atoms with Gasteiger partial charge in [0.2, 0.25) is 10.0 Å². The van der Waals surface area contributed by atoms with E-state index in [0.717, 1.165) is 9.88 Å². The maximum atomic E-state index is 12.9. The van der Waals surface area contributed by atoms with Crippen molar-refractivity contribution in [2.45, 2.75) is 44.4 Å². The molecule has 3 rings (SSSR count). The standard InChI is InChI=1S/C19H26N4O4S2/c1-13-10-23(11-14(2)27-13)29(25,26)18-7-5-16(6-8-18)21-19(24)22(4)12-17-9-20-15(3)28-17/h5-9,13-14H,10-12H2,1-4H3,(H,21,24)/t13-,14+. The van der Waals surface area contributed by atoms with Crippen LogP contribution in [0.2, 0.25) is 0 Å². The SMILES string of the molecule is Cc1ncc(CN(C)C(=O)Nc2ccc(S(=O)(=O)N3C[C@@H](C)O[C@@H](C)C3)cc2)s1. The minimum absolute atomic E-state index is 0.148. The average Bonchev–Trinajstić information content (AvgIpc) is 3.06. The van der Waals surface area contributed by atoms with E-state index in [1.165, 1.54) is 16.4 Å². The first kappa shape index (κ1) is 21.7. The van der Waals surface area contributed by atoms with Crippen molar-refractivity contribution in [2.75, 3.05) is 25.5 Å². The monoisotopic (exact) mass is 438 g/mol. The molecule has 2 atom stereocenters. The van der Waals surface area contributed by atoms with Crippen molar-refractivity contribution in [2.24, 2.45) is 0 Å². The number of benzene rings is 1. The summed E-state index contributed by atoms with van der Waals surface area (Å²) in [4.78, 5) is 19.3. The van der Waals surface area contributed by atoms with Crippen LogP contribution in [-0.2, 0) is 21.3 Å². The minimum atomic E-state index is -3.60. The van der Waals surface area contributed by atoms with Crippen LogP contribution < -0.4 is 5.32 Å². The van der Waals surface area contributed by atoms with Gasteiger partial charge in [-0.05, 0) is 45.0 Å². The van der Waals surface area contributed by atoms with Gasteiger partial charge in [0.15, 0.2) is 0 Å². The smallest absolute Gasteiger partial charge is 0.321 e. The number of sulfonamides is 1. The number of nitrogens with zero attached hydrogens (tertiary/aromatic N) is 3. The van der Waals surface area contributed by atoms with Crippen LogP contribution in [0.3, 0.4) is 0 Å². The molecule has 158 valence electrons. The fraction of sp³-hybridized carbons (Fsp3) is 0.474. The number of ether oxygens (including phenoxy) is 1. The molecular weight excluding hydrogens is 412 g/mol. The molecule has 1 N–H and O–H groups in total. The molecule has 0 unspecified atom stereocenters. The highest BCUT2D eigenvalue weighted by atomic mass is 32.2. The van der Waals surface area contributed by atoms with Crippen molar-refractivity contribution >= 4 is 33.1 Å². The number of hydrogen-bond acceptors (Lipinski definition) is 6. The van der Waals surface area contributed by atoms with Crippen molar-refractivity contribution < 1.29 is 17.9 Å². The van der Waals surface area contributed by atoms with Gasteiger partial charge in [-0.15, -0.1) is 11.3 Å². The second-order valence-electron chi connectivity index (χ2n) is 7.24. The van der Waals surface area contributed by atoms with E-state index >= 15 is 0 Å². The van der Waals surface area contributed by atoms with Gasteiger partial charge >= 0.3 is 6.03 Å². The van der Waals surface area contributed by atoms with Crippen molar-refractivity contribution in [3.8, 4) is 0 Å². The third-order valence-corrected chi connectivity index (χ3v) is 7.28. The first-order chi connectivity index (χ1) is 13.6. The van der Waals surface area contributed by atoms with Crippen molar-refractivity contribution in [1.29, 1.82) is 0 Å². The maximum absolute atomic E-state index is 12.9. The normalized spacial score (nSPS) is 20.4. The summed E-state index contributed by atoms with van der Waals surface area (Å²) in [5.74, 6) is 0. The zero-order valence-electron chi connectivity index (χ0n) is 17.0. The number of aromatic nitrogens is 1. The van der Waals surface area contributed by atoms with Crippen molar-refractivity contribution in [3.05, 3.63) is 40.3 Å². The molecule has 2 aromatic rings. The van der Waals surface area contributed by atoms with Gasteiger partial charge in [0.25, 0.3) is 0 Å². The van der Waals surface area contributed by atoms with Crippen molar-refractivity contribution in [3.63, 3.8) is 0 Å². The van der Waals surface area contributed by atoms with Gasteiger partial charge in [-0.25, -0.2) is 18.2 Å². The van der Waals surface area contributed by atoms with Crippen molar-refractivity contribution in [1.82, 2.24) is 14.2 Å². The van der Waals surface area contributed by atoms with Crippen LogP contribution in [0.25, 0.3) is 0 Å². The third-order valence-electron chi connectivity index (χ3n) is 4.54. The molecule has 2 heterocycles. The molecule has 0 radical (unpaired) electrons. The number of carbonyl (C=O) groups excluding carboxylic acids is 1. The molecule has 1 saturated heterocycles.